The third-order valence-corrected chi connectivity index (χ3v) is 4.88. The van der Waals surface area contributed by atoms with E-state index in [0.29, 0.717) is 10.4 Å². The van der Waals surface area contributed by atoms with Crippen LogP contribution in [0.1, 0.15) is 39.9 Å². The van der Waals surface area contributed by atoms with E-state index in [1.807, 2.05) is 13.8 Å². The largest absolute Gasteiger partial charge is 0.462 e. The number of aromatic nitrogens is 4. The molecule has 0 radical (unpaired) electrons. The van der Waals surface area contributed by atoms with Crippen molar-refractivity contribution in [1.29, 1.82) is 0 Å². The molecule has 1 N–H and O–H groups in total. The summed E-state index contributed by atoms with van der Waals surface area (Å²) < 4.78 is 47.9. The molecule has 0 aliphatic rings. The molecule has 0 bridgehead atoms. The summed E-state index contributed by atoms with van der Waals surface area (Å²) in [4.78, 5) is 24.2. The van der Waals surface area contributed by atoms with Gasteiger partial charge in [-0.25, -0.2) is 9.48 Å². The number of halogens is 3. The molecule has 3 rings (SSSR count). The first kappa shape index (κ1) is 23.8. The van der Waals surface area contributed by atoms with Gasteiger partial charge in [0.05, 0.1) is 24.2 Å². The Morgan fingerprint density at radius 1 is 1.18 bits per heavy atom. The number of ether oxygens (including phenoxy) is 1. The van der Waals surface area contributed by atoms with Gasteiger partial charge in [0.1, 0.15) is 5.56 Å². The molecule has 0 saturated heterocycles. The Morgan fingerprint density at radius 3 is 2.39 bits per heavy atom. The van der Waals surface area contributed by atoms with Gasteiger partial charge in [-0.1, -0.05) is 0 Å². The summed E-state index contributed by atoms with van der Waals surface area (Å²) in [7, 11) is 1.81. The van der Waals surface area contributed by atoms with Gasteiger partial charge in [-0.3, -0.25) is 9.48 Å². The van der Waals surface area contributed by atoms with E-state index in [-0.39, 0.29) is 12.3 Å². The maximum absolute atomic E-state index is 13.6. The second kappa shape index (κ2) is 9.31. The molecule has 0 aliphatic carbocycles. The summed E-state index contributed by atoms with van der Waals surface area (Å²) in [6, 6.07) is 5.58. The molecule has 0 unspecified atom stereocenters. The first-order valence-corrected chi connectivity index (χ1v) is 9.95. The minimum Gasteiger partial charge on any atom is -0.462 e. The normalized spacial score (nSPS) is 11.7. The Bertz CT molecular complexity index is 1210. The fraction of sp³-hybridized carbons (Fsp3) is 0.273. The zero-order chi connectivity index (χ0) is 24.3. The zero-order valence-corrected chi connectivity index (χ0v) is 18.4. The highest BCUT2D eigenvalue weighted by Crippen LogP contribution is 2.34. The molecule has 0 aliphatic heterocycles. The Morgan fingerprint density at radius 2 is 1.85 bits per heavy atom. The van der Waals surface area contributed by atoms with E-state index in [4.69, 9.17) is 4.74 Å². The molecule has 1 amide bonds. The van der Waals surface area contributed by atoms with Crippen molar-refractivity contribution < 1.29 is 27.5 Å². The lowest BCUT2D eigenvalue weighted by Crippen LogP contribution is -2.18. The number of alkyl halides is 3. The number of anilines is 1. The topological polar surface area (TPSA) is 91.0 Å². The van der Waals surface area contributed by atoms with Gasteiger partial charge in [0.2, 0.25) is 5.91 Å². The summed E-state index contributed by atoms with van der Waals surface area (Å²) in [5.41, 5.74) is 1.05. The first-order chi connectivity index (χ1) is 15.5. The second-order valence-electron chi connectivity index (χ2n) is 7.11. The third kappa shape index (κ3) is 5.13. The SMILES string of the molecule is CCOC(=O)c1cnn(-c2ccc(NC(=O)/C=C/c3c(C)nn(C)c3C)cc2)c1C(F)(F)F. The van der Waals surface area contributed by atoms with E-state index in [1.54, 1.807) is 17.8 Å². The minimum absolute atomic E-state index is 0.0630. The number of nitrogens with zero attached hydrogens (tertiary/aromatic N) is 4. The highest BCUT2D eigenvalue weighted by molar-refractivity contribution is 6.02. The molecule has 2 aromatic heterocycles. The zero-order valence-electron chi connectivity index (χ0n) is 18.4. The third-order valence-electron chi connectivity index (χ3n) is 4.88. The van der Waals surface area contributed by atoms with Crippen molar-refractivity contribution >= 4 is 23.6 Å². The molecule has 3 aromatic rings. The predicted octanol–water partition coefficient (Wildman–Crippen LogP) is 4.07. The van der Waals surface area contributed by atoms with Crippen LogP contribution in [-0.2, 0) is 22.8 Å². The Balaban J connectivity index is 1.80. The molecule has 0 saturated carbocycles. The van der Waals surface area contributed by atoms with Crippen LogP contribution in [0.25, 0.3) is 11.8 Å². The standard InChI is InChI=1S/C22H22F3N5O3/c1-5-33-21(32)18-12-26-30(20(18)22(23,24)25)16-8-6-15(7-9-16)27-19(31)11-10-17-13(2)28-29(4)14(17)3/h6-12H,5H2,1-4H3,(H,27,31)/b11-10+. The average molecular weight is 461 g/mol. The van der Waals surface area contributed by atoms with Gasteiger partial charge in [-0.15, -0.1) is 0 Å². The smallest absolute Gasteiger partial charge is 0.434 e. The van der Waals surface area contributed by atoms with Crippen molar-refractivity contribution in [3.63, 3.8) is 0 Å². The molecule has 8 nitrogen and oxygen atoms in total. The van der Waals surface area contributed by atoms with Gasteiger partial charge in [-0.2, -0.15) is 23.4 Å². The van der Waals surface area contributed by atoms with Crippen molar-refractivity contribution in [2.24, 2.45) is 7.05 Å². The highest BCUT2D eigenvalue weighted by Gasteiger charge is 2.41. The average Bonchev–Trinajstić information content (AvgIpc) is 3.29. The lowest BCUT2D eigenvalue weighted by atomic mass is 10.2. The fourth-order valence-electron chi connectivity index (χ4n) is 3.24. The molecule has 33 heavy (non-hydrogen) atoms. The Hall–Kier alpha value is -3.89. The van der Waals surface area contributed by atoms with E-state index < -0.39 is 29.3 Å². The van der Waals surface area contributed by atoms with E-state index in [1.165, 1.54) is 37.3 Å². The number of rotatable bonds is 6. The maximum Gasteiger partial charge on any atom is 0.434 e. The molecule has 0 spiro atoms. The molecule has 2 heterocycles. The van der Waals surface area contributed by atoms with E-state index in [2.05, 4.69) is 15.5 Å². The number of carbonyl (C=O) groups is 2. The Kier molecular flexibility index (Phi) is 6.70. The van der Waals surface area contributed by atoms with Gasteiger partial charge in [0.25, 0.3) is 0 Å². The maximum atomic E-state index is 13.6. The number of esters is 1. The molecule has 0 fully saturated rings. The van der Waals surface area contributed by atoms with Crippen LogP contribution in [-0.4, -0.2) is 38.0 Å². The summed E-state index contributed by atoms with van der Waals surface area (Å²) in [5, 5.41) is 10.6. The lowest BCUT2D eigenvalue weighted by molar-refractivity contribution is -0.143. The molecule has 1 aromatic carbocycles. The Labute approximate surface area is 187 Å². The number of carbonyl (C=O) groups excluding carboxylic acids is 2. The van der Waals surface area contributed by atoms with Crippen molar-refractivity contribution in [2.75, 3.05) is 11.9 Å². The number of hydrogen-bond donors (Lipinski definition) is 1. The van der Waals surface area contributed by atoms with Crippen molar-refractivity contribution in [3.05, 3.63) is 64.7 Å². The van der Waals surface area contributed by atoms with E-state index in [9.17, 15) is 22.8 Å². The monoisotopic (exact) mass is 461 g/mol. The lowest BCUT2D eigenvalue weighted by Gasteiger charge is -2.13. The van der Waals surface area contributed by atoms with Crippen molar-refractivity contribution in [3.8, 4) is 5.69 Å². The van der Waals surface area contributed by atoms with Crippen LogP contribution in [0.4, 0.5) is 18.9 Å². The minimum atomic E-state index is -4.83. The summed E-state index contributed by atoms with van der Waals surface area (Å²) in [6.07, 6.45) is -1.01. The van der Waals surface area contributed by atoms with Crippen LogP contribution in [0.3, 0.4) is 0 Å². The van der Waals surface area contributed by atoms with Gasteiger partial charge < -0.3 is 10.1 Å². The van der Waals surface area contributed by atoms with E-state index in [0.717, 1.165) is 23.1 Å². The van der Waals surface area contributed by atoms with Crippen molar-refractivity contribution in [1.82, 2.24) is 19.6 Å². The molecular weight excluding hydrogens is 439 g/mol. The summed E-state index contributed by atoms with van der Waals surface area (Å²) >= 11 is 0. The van der Waals surface area contributed by atoms with Crippen LogP contribution in [0, 0.1) is 13.8 Å². The number of aryl methyl sites for hydroxylation is 2. The number of benzene rings is 1. The summed E-state index contributed by atoms with van der Waals surface area (Å²) in [5.74, 6) is -1.52. The van der Waals surface area contributed by atoms with Crippen LogP contribution in [0.2, 0.25) is 0 Å². The van der Waals surface area contributed by atoms with Gasteiger partial charge in [0.15, 0.2) is 5.69 Å². The molecule has 0 atom stereocenters. The number of amides is 1. The van der Waals surface area contributed by atoms with Crippen molar-refractivity contribution in [2.45, 2.75) is 26.9 Å². The quantitative estimate of drug-likeness (QED) is 0.442. The molecular formula is C22H22F3N5O3. The second-order valence-corrected chi connectivity index (χ2v) is 7.11. The van der Waals surface area contributed by atoms with Gasteiger partial charge >= 0.3 is 12.1 Å². The van der Waals surface area contributed by atoms with E-state index >= 15 is 0 Å². The number of hydrogen-bond acceptors (Lipinski definition) is 5. The van der Waals surface area contributed by atoms with Crippen LogP contribution < -0.4 is 5.32 Å². The molecule has 11 heteroatoms. The highest BCUT2D eigenvalue weighted by atomic mass is 19.4. The summed E-state index contributed by atoms with van der Waals surface area (Å²) in [6.45, 7) is 5.15. The van der Waals surface area contributed by atoms with Crippen LogP contribution in [0.5, 0.6) is 0 Å². The van der Waals surface area contributed by atoms with Gasteiger partial charge in [-0.05, 0) is 51.1 Å². The first-order valence-electron chi connectivity index (χ1n) is 9.95. The number of nitrogens with one attached hydrogen (secondary N) is 1. The van der Waals surface area contributed by atoms with Crippen LogP contribution >= 0.6 is 0 Å². The van der Waals surface area contributed by atoms with Gasteiger partial charge in [0, 0.05) is 30.1 Å². The molecule has 174 valence electrons. The van der Waals surface area contributed by atoms with Crippen LogP contribution in [0.15, 0.2) is 36.5 Å². The fourth-order valence-corrected chi connectivity index (χ4v) is 3.24. The predicted molar refractivity (Wildman–Crippen MR) is 115 cm³/mol.